The summed E-state index contributed by atoms with van der Waals surface area (Å²) in [6.45, 7) is 17.2. The number of aliphatic hydroxyl groups is 2. The lowest BCUT2D eigenvalue weighted by molar-refractivity contribution is -0.214. The van der Waals surface area contributed by atoms with E-state index in [1.54, 1.807) is 0 Å². The zero-order chi connectivity index (χ0) is 26.5. The molecule has 4 saturated carbocycles. The Morgan fingerprint density at radius 2 is 1.56 bits per heavy atom. The largest absolute Gasteiger partial charge is 0.481 e. The summed E-state index contributed by atoms with van der Waals surface area (Å²) in [5.74, 6) is 0.898. The summed E-state index contributed by atoms with van der Waals surface area (Å²) < 4.78 is 0. The Balaban J connectivity index is 1.60. The van der Waals surface area contributed by atoms with Gasteiger partial charge < -0.3 is 15.3 Å². The first-order valence-corrected chi connectivity index (χ1v) is 14.8. The highest BCUT2D eigenvalue weighted by Crippen LogP contribution is 2.76. The minimum Gasteiger partial charge on any atom is -0.481 e. The van der Waals surface area contributed by atoms with Crippen molar-refractivity contribution in [3.8, 4) is 0 Å². The molecule has 0 aromatic carbocycles. The molecule has 0 amide bonds. The molecule has 36 heavy (non-hydrogen) atoms. The minimum atomic E-state index is -0.589. The van der Waals surface area contributed by atoms with E-state index in [1.807, 2.05) is 0 Å². The Morgan fingerprint density at radius 3 is 2.17 bits per heavy atom. The molecule has 0 aliphatic heterocycles. The average Bonchev–Trinajstić information content (AvgIpc) is 2.78. The fourth-order valence-corrected chi connectivity index (χ4v) is 11.6. The minimum absolute atomic E-state index is 0.0141. The van der Waals surface area contributed by atoms with Crippen molar-refractivity contribution in [1.82, 2.24) is 0 Å². The van der Waals surface area contributed by atoms with Gasteiger partial charge in [-0.25, -0.2) is 0 Å². The van der Waals surface area contributed by atoms with Crippen LogP contribution in [0, 0.1) is 62.1 Å². The van der Waals surface area contributed by atoms with Crippen molar-refractivity contribution in [3.05, 3.63) is 11.6 Å². The number of allylic oxidation sites excluding steroid dienone is 2. The summed E-state index contributed by atoms with van der Waals surface area (Å²) in [6, 6.07) is 0. The maximum absolute atomic E-state index is 12.8. The number of hydrogen-bond acceptors (Lipinski definition) is 3. The molecule has 4 nitrogen and oxygen atoms in total. The molecular formula is C32H52O4. The lowest BCUT2D eigenvalue weighted by atomic mass is 9.32. The third-order valence-corrected chi connectivity index (χ3v) is 13.9. The van der Waals surface area contributed by atoms with Crippen molar-refractivity contribution >= 4 is 5.97 Å². The number of hydrogen-bond donors (Lipinski definition) is 3. The standard InChI is InChI=1S/C32H52O4/c1-27(2)12-14-32(26(35)36)15-13-30(6)21(22(32)17-27)8-9-25-29(5)16-20(18-33)23(19-34)28(3,4)24(29)10-11-31(25,30)7/h8,20,22-25,33-34H,9-19H2,1-7H3,(H,35,36). The van der Waals surface area contributed by atoms with Crippen LogP contribution in [0.5, 0.6) is 0 Å². The van der Waals surface area contributed by atoms with Gasteiger partial charge >= 0.3 is 5.97 Å². The number of aliphatic hydroxyl groups excluding tert-OH is 2. The van der Waals surface area contributed by atoms with E-state index in [2.05, 4.69) is 54.5 Å². The topological polar surface area (TPSA) is 77.8 Å². The third kappa shape index (κ3) is 3.22. The first kappa shape index (κ1) is 26.7. The summed E-state index contributed by atoms with van der Waals surface area (Å²) in [5.41, 5.74) is 1.31. The normalized spacial score (nSPS) is 51.1. The number of fused-ring (bicyclic) bond motifs is 7. The van der Waals surface area contributed by atoms with Gasteiger partial charge in [-0.2, -0.15) is 0 Å². The molecule has 4 fully saturated rings. The van der Waals surface area contributed by atoms with Crippen LogP contribution in [0.25, 0.3) is 0 Å². The van der Waals surface area contributed by atoms with Crippen molar-refractivity contribution in [2.75, 3.05) is 13.2 Å². The van der Waals surface area contributed by atoms with E-state index < -0.39 is 11.4 Å². The molecule has 5 aliphatic rings. The van der Waals surface area contributed by atoms with E-state index in [-0.39, 0.29) is 58.0 Å². The van der Waals surface area contributed by atoms with Gasteiger partial charge in [0.2, 0.25) is 0 Å². The molecule has 5 aliphatic carbocycles. The fraction of sp³-hybridized carbons (Fsp3) is 0.906. The molecule has 0 heterocycles. The quantitative estimate of drug-likeness (QED) is 0.377. The number of carboxylic acids is 1. The molecule has 0 radical (unpaired) electrons. The van der Waals surface area contributed by atoms with Gasteiger partial charge in [0.25, 0.3) is 0 Å². The van der Waals surface area contributed by atoms with Crippen molar-refractivity contribution in [1.29, 1.82) is 0 Å². The van der Waals surface area contributed by atoms with Gasteiger partial charge in [-0.3, -0.25) is 4.79 Å². The van der Waals surface area contributed by atoms with Crippen LogP contribution in [0.1, 0.15) is 106 Å². The lowest BCUT2D eigenvalue weighted by Gasteiger charge is -2.72. The summed E-state index contributed by atoms with van der Waals surface area (Å²) in [5, 5.41) is 31.3. The highest BCUT2D eigenvalue weighted by molar-refractivity contribution is 5.76. The molecule has 4 heteroatoms. The zero-order valence-corrected chi connectivity index (χ0v) is 24.0. The fourth-order valence-electron chi connectivity index (χ4n) is 11.6. The number of aliphatic carboxylic acids is 1. The third-order valence-electron chi connectivity index (χ3n) is 13.9. The summed E-state index contributed by atoms with van der Waals surface area (Å²) in [7, 11) is 0. The Labute approximate surface area is 219 Å². The molecule has 0 spiro atoms. The molecule has 0 saturated heterocycles. The summed E-state index contributed by atoms with van der Waals surface area (Å²) in [6.07, 6.45) is 11.4. The van der Waals surface area contributed by atoms with Crippen LogP contribution >= 0.6 is 0 Å². The monoisotopic (exact) mass is 500 g/mol. The molecule has 9 unspecified atom stereocenters. The highest BCUT2D eigenvalue weighted by Gasteiger charge is 2.69. The Hall–Kier alpha value is -0.870. The summed E-state index contributed by atoms with van der Waals surface area (Å²) >= 11 is 0. The summed E-state index contributed by atoms with van der Waals surface area (Å²) in [4.78, 5) is 12.8. The van der Waals surface area contributed by atoms with Crippen LogP contribution < -0.4 is 0 Å². The second-order valence-electron chi connectivity index (χ2n) is 15.9. The number of rotatable bonds is 3. The lowest BCUT2D eigenvalue weighted by Crippen LogP contribution is -2.66. The van der Waals surface area contributed by atoms with Crippen LogP contribution in [0.15, 0.2) is 11.6 Å². The molecule has 204 valence electrons. The molecular weight excluding hydrogens is 448 g/mol. The van der Waals surface area contributed by atoms with Gasteiger partial charge in [-0.05, 0) is 114 Å². The van der Waals surface area contributed by atoms with Crippen LogP contribution in [-0.4, -0.2) is 34.5 Å². The van der Waals surface area contributed by atoms with Gasteiger partial charge in [0.15, 0.2) is 0 Å². The predicted octanol–water partition coefficient (Wildman–Crippen LogP) is 6.70. The second kappa shape index (κ2) is 8.07. The molecule has 3 N–H and O–H groups in total. The van der Waals surface area contributed by atoms with Crippen LogP contribution in [0.2, 0.25) is 0 Å². The number of carbonyl (C=O) groups is 1. The SMILES string of the molecule is CC1(C)CCC2(C(=O)O)CCC3(C)C(=CCC4C5(C)CC(CO)C(CO)C(C)(C)C5CCC43C)C2C1. The molecule has 9 atom stereocenters. The Kier molecular flexibility index (Phi) is 5.99. The van der Waals surface area contributed by atoms with Crippen LogP contribution in [-0.2, 0) is 4.79 Å². The molecule has 0 bridgehead atoms. The van der Waals surface area contributed by atoms with Crippen molar-refractivity contribution in [3.63, 3.8) is 0 Å². The Morgan fingerprint density at radius 1 is 0.889 bits per heavy atom. The predicted molar refractivity (Wildman–Crippen MR) is 143 cm³/mol. The van der Waals surface area contributed by atoms with Gasteiger partial charge in [-0.15, -0.1) is 0 Å². The van der Waals surface area contributed by atoms with E-state index in [9.17, 15) is 20.1 Å². The van der Waals surface area contributed by atoms with E-state index in [4.69, 9.17) is 0 Å². The van der Waals surface area contributed by atoms with E-state index in [0.717, 1.165) is 51.4 Å². The maximum Gasteiger partial charge on any atom is 0.310 e. The average molecular weight is 501 g/mol. The van der Waals surface area contributed by atoms with Gasteiger partial charge in [0, 0.05) is 13.2 Å². The molecule has 5 rings (SSSR count). The smallest absolute Gasteiger partial charge is 0.310 e. The van der Waals surface area contributed by atoms with Crippen molar-refractivity contribution in [2.45, 2.75) is 106 Å². The first-order valence-electron chi connectivity index (χ1n) is 14.8. The molecule has 0 aromatic heterocycles. The van der Waals surface area contributed by atoms with E-state index >= 15 is 0 Å². The Bertz CT molecular complexity index is 950. The highest BCUT2D eigenvalue weighted by atomic mass is 16.4. The van der Waals surface area contributed by atoms with Gasteiger partial charge in [-0.1, -0.05) is 60.1 Å². The zero-order valence-electron chi connectivity index (χ0n) is 24.0. The van der Waals surface area contributed by atoms with Crippen molar-refractivity contribution < 1.29 is 20.1 Å². The van der Waals surface area contributed by atoms with Crippen LogP contribution in [0.4, 0.5) is 0 Å². The van der Waals surface area contributed by atoms with Crippen LogP contribution in [0.3, 0.4) is 0 Å². The molecule has 0 aromatic rings. The maximum atomic E-state index is 12.8. The van der Waals surface area contributed by atoms with Crippen molar-refractivity contribution in [2.24, 2.45) is 62.1 Å². The first-order chi connectivity index (χ1) is 16.6. The van der Waals surface area contributed by atoms with Gasteiger partial charge in [0.1, 0.15) is 0 Å². The second-order valence-corrected chi connectivity index (χ2v) is 15.9. The van der Waals surface area contributed by atoms with E-state index in [0.29, 0.717) is 11.8 Å². The number of carboxylic acid groups (broad SMARTS) is 1. The van der Waals surface area contributed by atoms with Gasteiger partial charge in [0.05, 0.1) is 5.41 Å². The van der Waals surface area contributed by atoms with E-state index in [1.165, 1.54) is 12.0 Å².